The van der Waals surface area contributed by atoms with E-state index in [1.807, 2.05) is 75.2 Å². The summed E-state index contributed by atoms with van der Waals surface area (Å²) in [5.74, 6) is 0.858. The van der Waals surface area contributed by atoms with Crippen molar-refractivity contribution < 1.29 is 23.9 Å². The Kier molecular flexibility index (Phi) is 11.8. The molecule has 2 aliphatic carbocycles. The van der Waals surface area contributed by atoms with Crippen LogP contribution in [0.3, 0.4) is 0 Å². The normalized spacial score (nSPS) is 21.3. The zero-order valence-corrected chi connectivity index (χ0v) is 34.2. The third kappa shape index (κ3) is 9.81. The summed E-state index contributed by atoms with van der Waals surface area (Å²) in [5, 5.41) is 4.60. The number of ether oxygens (including phenoxy) is 2. The lowest BCUT2D eigenvalue weighted by Gasteiger charge is -2.40. The highest BCUT2D eigenvalue weighted by Gasteiger charge is 2.44. The van der Waals surface area contributed by atoms with E-state index in [2.05, 4.69) is 16.3 Å². The predicted molar refractivity (Wildman–Crippen MR) is 215 cm³/mol. The fourth-order valence-corrected chi connectivity index (χ4v) is 8.47. The Hall–Kier alpha value is -3.73. The number of nitrogens with zero attached hydrogens (tertiary/aromatic N) is 4. The molecule has 0 bridgehead atoms. The van der Waals surface area contributed by atoms with E-state index in [4.69, 9.17) is 49.3 Å². The van der Waals surface area contributed by atoms with Crippen LogP contribution < -0.4 is 15.0 Å². The van der Waals surface area contributed by atoms with Crippen molar-refractivity contribution in [3.05, 3.63) is 86.0 Å². The van der Waals surface area contributed by atoms with E-state index in [9.17, 15) is 14.4 Å². The molecule has 55 heavy (non-hydrogen) atoms. The van der Waals surface area contributed by atoms with Crippen LogP contribution in [0.25, 0.3) is 0 Å². The van der Waals surface area contributed by atoms with Gasteiger partial charge in [0.2, 0.25) is 11.8 Å². The molecule has 1 aromatic heterocycles. The number of aryl methyl sites for hydroxylation is 1. The van der Waals surface area contributed by atoms with Gasteiger partial charge in [0.25, 0.3) is 0 Å². The minimum atomic E-state index is -0.661. The van der Waals surface area contributed by atoms with Crippen molar-refractivity contribution in [2.45, 2.75) is 103 Å². The second kappa shape index (κ2) is 16.4. The molecule has 2 unspecified atom stereocenters. The number of pyridine rings is 1. The number of likely N-dealkylation sites (tertiary alicyclic amines) is 1. The van der Waals surface area contributed by atoms with Crippen molar-refractivity contribution >= 4 is 58.5 Å². The highest BCUT2D eigenvalue weighted by molar-refractivity contribution is 6.37. The second-order valence-electron chi connectivity index (χ2n) is 16.5. The standard InChI is InChI=1S/C42H50Cl3N5O5/c1-25-17-35(44)38(36(45)18-25)54-31-13-15-48(23-31)37-12-8-28(21-46-37)32-14-16-49(41(53)55-42(2,3)4)24-33(32)40(52)50(30-9-10-30)22-29-19-26(5-11-34(29)43)20-47-39(51)27-6-7-27/h5,8,11-12,17-19,21,27,30-33H,6-7,9-10,13-16,20,22-24H2,1-4H3,(H,47,51)/t31-,32?,33?/m1/s1. The van der Waals surface area contributed by atoms with E-state index in [1.54, 1.807) is 4.90 Å². The molecule has 3 amide bonds. The fourth-order valence-electron chi connectivity index (χ4n) is 7.60. The highest BCUT2D eigenvalue weighted by Crippen LogP contribution is 2.40. The Balaban J connectivity index is 1.08. The average Bonchev–Trinajstić information content (AvgIpc) is 4.09. The summed E-state index contributed by atoms with van der Waals surface area (Å²) in [5.41, 5.74) is 3.04. The van der Waals surface area contributed by atoms with Crippen LogP contribution in [0.2, 0.25) is 15.1 Å². The van der Waals surface area contributed by atoms with E-state index in [0.717, 1.165) is 66.7 Å². The number of carbonyl (C=O) groups excluding carboxylic acids is 3. The average molecular weight is 811 g/mol. The molecule has 294 valence electrons. The molecule has 3 atom stereocenters. The quantitative estimate of drug-likeness (QED) is 0.207. The smallest absolute Gasteiger partial charge is 0.410 e. The molecule has 3 heterocycles. The summed E-state index contributed by atoms with van der Waals surface area (Å²) >= 11 is 19.7. The summed E-state index contributed by atoms with van der Waals surface area (Å²) < 4.78 is 12.0. The van der Waals surface area contributed by atoms with Crippen molar-refractivity contribution in [3.8, 4) is 5.75 Å². The molecule has 4 fully saturated rings. The number of carbonyl (C=O) groups is 3. The van der Waals surface area contributed by atoms with Crippen LogP contribution in [0, 0.1) is 18.8 Å². The number of halogens is 3. The Labute approximate surface area is 338 Å². The van der Waals surface area contributed by atoms with Crippen LogP contribution in [-0.4, -0.2) is 76.6 Å². The first kappa shape index (κ1) is 39.5. The summed E-state index contributed by atoms with van der Waals surface area (Å²) in [6, 6.07) is 13.6. The van der Waals surface area contributed by atoms with Crippen LogP contribution in [0.15, 0.2) is 48.7 Å². The molecule has 10 nitrogen and oxygen atoms in total. The van der Waals surface area contributed by atoms with Crippen molar-refractivity contribution in [1.29, 1.82) is 0 Å². The number of amides is 3. The van der Waals surface area contributed by atoms with E-state index in [-0.39, 0.29) is 42.3 Å². The van der Waals surface area contributed by atoms with Crippen LogP contribution in [0.1, 0.15) is 87.5 Å². The number of benzene rings is 2. The van der Waals surface area contributed by atoms with Gasteiger partial charge in [0.05, 0.1) is 22.5 Å². The lowest BCUT2D eigenvalue weighted by molar-refractivity contribution is -0.139. The molecule has 13 heteroatoms. The molecule has 2 saturated carbocycles. The van der Waals surface area contributed by atoms with Crippen LogP contribution in [0.5, 0.6) is 5.75 Å². The number of aromatic nitrogens is 1. The fraction of sp³-hybridized carbons (Fsp3) is 0.524. The maximum absolute atomic E-state index is 14.8. The number of hydrogen-bond donors (Lipinski definition) is 1. The molecular weight excluding hydrogens is 761 g/mol. The summed E-state index contributed by atoms with van der Waals surface area (Å²) in [7, 11) is 0. The largest absolute Gasteiger partial charge is 0.485 e. The number of nitrogens with one attached hydrogen (secondary N) is 1. The molecule has 2 aliphatic heterocycles. The molecule has 0 spiro atoms. The molecule has 3 aromatic rings. The van der Waals surface area contributed by atoms with Crippen molar-refractivity contribution in [1.82, 2.24) is 20.1 Å². The maximum atomic E-state index is 14.8. The number of hydrogen-bond acceptors (Lipinski definition) is 7. The molecule has 7 rings (SSSR count). The van der Waals surface area contributed by atoms with Gasteiger partial charge in [-0.05, 0) is 106 Å². The molecule has 4 aliphatic rings. The zero-order valence-electron chi connectivity index (χ0n) is 32.0. The maximum Gasteiger partial charge on any atom is 0.410 e. The minimum Gasteiger partial charge on any atom is -0.485 e. The number of piperidine rings is 1. The van der Waals surface area contributed by atoms with Crippen LogP contribution in [0.4, 0.5) is 10.6 Å². The number of anilines is 1. The monoisotopic (exact) mass is 809 g/mol. The van der Waals surface area contributed by atoms with Gasteiger partial charge in [-0.3, -0.25) is 9.59 Å². The van der Waals surface area contributed by atoms with Gasteiger partial charge < -0.3 is 29.5 Å². The van der Waals surface area contributed by atoms with E-state index < -0.39 is 17.6 Å². The molecule has 2 aromatic carbocycles. The summed E-state index contributed by atoms with van der Waals surface area (Å²) in [6.45, 7) is 10.3. The third-order valence-corrected chi connectivity index (χ3v) is 11.7. The first-order valence-corrected chi connectivity index (χ1v) is 20.5. The van der Waals surface area contributed by atoms with Gasteiger partial charge in [-0.2, -0.15) is 0 Å². The van der Waals surface area contributed by atoms with E-state index >= 15 is 0 Å². The first-order chi connectivity index (χ1) is 26.2. The first-order valence-electron chi connectivity index (χ1n) is 19.4. The van der Waals surface area contributed by atoms with Gasteiger partial charge in [0.15, 0.2) is 5.75 Å². The molecule has 1 N–H and O–H groups in total. The van der Waals surface area contributed by atoms with Crippen molar-refractivity contribution in [2.24, 2.45) is 11.8 Å². The lowest BCUT2D eigenvalue weighted by atomic mass is 9.80. The number of rotatable bonds is 11. The minimum absolute atomic E-state index is 0.0127. The van der Waals surface area contributed by atoms with Crippen LogP contribution >= 0.6 is 34.8 Å². The van der Waals surface area contributed by atoms with Crippen LogP contribution in [-0.2, 0) is 27.4 Å². The van der Waals surface area contributed by atoms with Crippen molar-refractivity contribution in [3.63, 3.8) is 0 Å². The Morgan fingerprint density at radius 2 is 1.65 bits per heavy atom. The van der Waals surface area contributed by atoms with Crippen molar-refractivity contribution in [2.75, 3.05) is 31.1 Å². The topological polar surface area (TPSA) is 104 Å². The summed E-state index contributed by atoms with van der Waals surface area (Å²) in [6.07, 6.45) is 6.45. The second-order valence-corrected chi connectivity index (χ2v) is 17.7. The Bertz CT molecular complexity index is 1890. The van der Waals surface area contributed by atoms with Gasteiger partial charge in [-0.1, -0.05) is 53.0 Å². The Morgan fingerprint density at radius 1 is 0.909 bits per heavy atom. The molecular formula is C42H50Cl3N5O5. The summed E-state index contributed by atoms with van der Waals surface area (Å²) in [4.78, 5) is 51.2. The van der Waals surface area contributed by atoms with Gasteiger partial charge >= 0.3 is 6.09 Å². The van der Waals surface area contributed by atoms with E-state index in [1.165, 1.54) is 0 Å². The third-order valence-electron chi connectivity index (χ3n) is 10.8. The zero-order chi connectivity index (χ0) is 39.0. The lowest BCUT2D eigenvalue weighted by Crippen LogP contribution is -2.51. The molecule has 2 saturated heterocycles. The predicted octanol–water partition coefficient (Wildman–Crippen LogP) is 8.57. The molecule has 0 radical (unpaired) electrons. The highest BCUT2D eigenvalue weighted by atomic mass is 35.5. The van der Waals surface area contributed by atoms with Gasteiger partial charge in [0, 0.05) is 68.2 Å². The van der Waals surface area contributed by atoms with Gasteiger partial charge in [-0.25, -0.2) is 9.78 Å². The SMILES string of the molecule is Cc1cc(Cl)c(O[C@@H]2CCN(c3ccc(C4CCN(C(=O)OC(C)(C)C)CC4C(=O)N(Cc4cc(CNC(=O)C5CC5)ccc4Cl)C4CC4)cn3)C2)c(Cl)c1. The van der Waals surface area contributed by atoms with E-state index in [0.29, 0.717) is 53.4 Å². The van der Waals surface area contributed by atoms with Gasteiger partial charge in [0.1, 0.15) is 17.5 Å². The van der Waals surface area contributed by atoms with Gasteiger partial charge in [-0.15, -0.1) is 0 Å². The Morgan fingerprint density at radius 3 is 2.31 bits per heavy atom.